The van der Waals surface area contributed by atoms with Crippen molar-refractivity contribution in [1.29, 1.82) is 0 Å². The van der Waals surface area contributed by atoms with Gasteiger partial charge < -0.3 is 15.0 Å². The molecule has 0 unspecified atom stereocenters. The first kappa shape index (κ1) is 23.0. The second kappa shape index (κ2) is 9.23. The maximum atomic E-state index is 13.2. The van der Waals surface area contributed by atoms with Crippen LogP contribution in [-0.4, -0.2) is 70.9 Å². The number of rotatable bonds is 5. The summed E-state index contributed by atoms with van der Waals surface area (Å²) in [6.07, 6.45) is 1.45. The van der Waals surface area contributed by atoms with E-state index >= 15 is 0 Å². The molecule has 0 aliphatic carbocycles. The lowest BCUT2D eigenvalue weighted by atomic mass is 10.1. The van der Waals surface area contributed by atoms with Gasteiger partial charge >= 0.3 is 0 Å². The molecule has 1 aliphatic heterocycles. The number of benzene rings is 1. The molecule has 1 aromatic rings. The Labute approximate surface area is 166 Å². The van der Waals surface area contributed by atoms with Crippen LogP contribution in [-0.2, 0) is 10.0 Å². The van der Waals surface area contributed by atoms with Crippen LogP contribution in [0.4, 0.5) is 0 Å². The number of hydrogen-bond donors (Lipinski definition) is 1. The van der Waals surface area contributed by atoms with Gasteiger partial charge in [-0.05, 0) is 38.1 Å². The van der Waals surface area contributed by atoms with Crippen LogP contribution in [0.5, 0.6) is 5.75 Å². The van der Waals surface area contributed by atoms with Crippen molar-refractivity contribution in [2.24, 2.45) is 0 Å². The van der Waals surface area contributed by atoms with Crippen LogP contribution in [0.1, 0.15) is 23.2 Å². The first-order chi connectivity index (χ1) is 11.7. The summed E-state index contributed by atoms with van der Waals surface area (Å²) in [7, 11) is 2.20. The number of sulfonamides is 1. The number of ether oxygens (including phenoxy) is 1. The number of carbonyl (C=O) groups excluding carboxylic acids is 1. The number of piperidine rings is 1. The van der Waals surface area contributed by atoms with Gasteiger partial charge in [-0.15, -0.1) is 12.4 Å². The van der Waals surface area contributed by atoms with Gasteiger partial charge in [-0.3, -0.25) is 4.79 Å². The van der Waals surface area contributed by atoms with Gasteiger partial charge in [-0.25, -0.2) is 8.42 Å². The lowest BCUT2D eigenvalue weighted by molar-refractivity contribution is 0.0823. The molecule has 1 aromatic carbocycles. The van der Waals surface area contributed by atoms with Gasteiger partial charge in [0.25, 0.3) is 5.91 Å². The van der Waals surface area contributed by atoms with Crippen LogP contribution >= 0.6 is 24.0 Å². The van der Waals surface area contributed by atoms with Crippen LogP contribution < -0.4 is 10.1 Å². The Bertz CT molecular complexity index is 750. The lowest BCUT2D eigenvalue weighted by Gasteiger charge is -2.31. The smallest absolute Gasteiger partial charge is 0.257 e. The van der Waals surface area contributed by atoms with Gasteiger partial charge in [0.2, 0.25) is 10.0 Å². The monoisotopic (exact) mass is 425 g/mol. The average molecular weight is 426 g/mol. The summed E-state index contributed by atoms with van der Waals surface area (Å²) in [6, 6.07) is 2.65. The Morgan fingerprint density at radius 2 is 1.81 bits per heavy atom. The van der Waals surface area contributed by atoms with Gasteiger partial charge in [-0.2, -0.15) is 4.31 Å². The van der Waals surface area contributed by atoms with Gasteiger partial charge in [0.05, 0.1) is 12.7 Å². The predicted molar refractivity (Wildman–Crippen MR) is 104 cm³/mol. The fourth-order valence-electron chi connectivity index (χ4n) is 2.89. The van der Waals surface area contributed by atoms with E-state index < -0.39 is 10.0 Å². The summed E-state index contributed by atoms with van der Waals surface area (Å²) in [5.41, 5.74) is 0.122. The number of halogens is 2. The molecule has 0 aromatic heterocycles. The largest absolute Gasteiger partial charge is 0.494 e. The number of methoxy groups -OCH3 is 1. The summed E-state index contributed by atoms with van der Waals surface area (Å²) in [5.74, 6) is -0.357. The average Bonchev–Trinajstić information content (AvgIpc) is 2.60. The predicted octanol–water partition coefficient (Wildman–Crippen LogP) is 1.84. The third kappa shape index (κ3) is 4.61. The van der Waals surface area contributed by atoms with E-state index in [9.17, 15) is 13.2 Å². The Morgan fingerprint density at radius 1 is 1.23 bits per heavy atom. The molecule has 1 fully saturated rings. The Hall–Kier alpha value is -1.06. The van der Waals surface area contributed by atoms with Crippen molar-refractivity contribution in [2.45, 2.75) is 23.8 Å². The van der Waals surface area contributed by atoms with Crippen molar-refractivity contribution in [3.8, 4) is 5.75 Å². The van der Waals surface area contributed by atoms with Crippen LogP contribution in [0.15, 0.2) is 17.0 Å². The molecule has 2 rings (SSSR count). The first-order valence-corrected chi connectivity index (χ1v) is 9.80. The number of hydrogen-bond acceptors (Lipinski definition) is 5. The fraction of sp³-hybridized carbons (Fsp3) is 0.562. The zero-order valence-electron chi connectivity index (χ0n) is 15.3. The molecule has 0 atom stereocenters. The van der Waals surface area contributed by atoms with E-state index in [4.69, 9.17) is 16.3 Å². The number of carbonyl (C=O) groups is 1. The van der Waals surface area contributed by atoms with E-state index in [2.05, 4.69) is 5.32 Å². The van der Waals surface area contributed by atoms with Crippen molar-refractivity contribution in [1.82, 2.24) is 14.5 Å². The molecule has 26 heavy (non-hydrogen) atoms. The number of nitrogens with zero attached hydrogens (tertiary/aromatic N) is 2. The molecule has 0 radical (unpaired) electrons. The highest BCUT2D eigenvalue weighted by Gasteiger charge is 2.33. The summed E-state index contributed by atoms with van der Waals surface area (Å²) in [4.78, 5) is 13.7. The SMILES string of the molecule is COc1c(C(=O)N(C)C)cc(Cl)cc1S(=O)(=O)N(C)C1CCNCC1.Cl. The summed E-state index contributed by atoms with van der Waals surface area (Å²) in [6.45, 7) is 1.53. The van der Waals surface area contributed by atoms with Gasteiger partial charge in [-0.1, -0.05) is 11.6 Å². The maximum absolute atomic E-state index is 13.2. The zero-order valence-corrected chi connectivity index (χ0v) is 17.7. The third-order valence-electron chi connectivity index (χ3n) is 4.34. The summed E-state index contributed by atoms with van der Waals surface area (Å²) in [5, 5.41) is 3.38. The van der Waals surface area contributed by atoms with E-state index in [1.54, 1.807) is 21.1 Å². The fourth-order valence-corrected chi connectivity index (χ4v) is 4.79. The minimum absolute atomic E-state index is 0. The molecular formula is C16H25Cl2N3O4S. The van der Waals surface area contributed by atoms with Crippen molar-refractivity contribution in [2.75, 3.05) is 41.3 Å². The normalized spacial score (nSPS) is 15.5. The van der Waals surface area contributed by atoms with Gasteiger partial charge in [0, 0.05) is 32.2 Å². The van der Waals surface area contributed by atoms with Crippen molar-refractivity contribution in [3.63, 3.8) is 0 Å². The van der Waals surface area contributed by atoms with Crippen molar-refractivity contribution < 1.29 is 17.9 Å². The van der Waals surface area contributed by atoms with E-state index in [-0.39, 0.29) is 45.6 Å². The van der Waals surface area contributed by atoms with Gasteiger partial charge in [0.15, 0.2) is 5.75 Å². The molecule has 1 N–H and O–H groups in total. The van der Waals surface area contributed by atoms with E-state index in [1.165, 1.54) is 28.4 Å². The summed E-state index contributed by atoms with van der Waals surface area (Å²) >= 11 is 6.10. The van der Waals surface area contributed by atoms with Crippen molar-refractivity contribution in [3.05, 3.63) is 22.7 Å². The second-order valence-electron chi connectivity index (χ2n) is 6.19. The van der Waals surface area contributed by atoms with Crippen LogP contribution in [0.25, 0.3) is 0 Å². The van der Waals surface area contributed by atoms with E-state index in [1.807, 2.05) is 0 Å². The molecule has 7 nitrogen and oxygen atoms in total. The number of amides is 1. The topological polar surface area (TPSA) is 79.0 Å². The standard InChI is InChI=1S/C16H24ClN3O4S.ClH/c1-19(2)16(21)13-9-11(17)10-14(15(13)24-4)25(22,23)20(3)12-5-7-18-8-6-12;/h9-10,12,18H,5-8H2,1-4H3;1H. The van der Waals surface area contributed by atoms with Crippen LogP contribution in [0, 0.1) is 0 Å². The molecule has 1 saturated heterocycles. The van der Waals surface area contributed by atoms with Gasteiger partial charge in [0.1, 0.15) is 4.90 Å². The molecular weight excluding hydrogens is 401 g/mol. The highest BCUT2D eigenvalue weighted by Crippen LogP contribution is 2.35. The molecule has 0 spiro atoms. The quantitative estimate of drug-likeness (QED) is 0.778. The van der Waals surface area contributed by atoms with Crippen LogP contribution in [0.3, 0.4) is 0 Å². The molecule has 10 heteroatoms. The molecule has 148 valence electrons. The van der Waals surface area contributed by atoms with Crippen molar-refractivity contribution >= 4 is 39.9 Å². The Balaban J connectivity index is 0.00000338. The first-order valence-electron chi connectivity index (χ1n) is 7.98. The molecule has 1 heterocycles. The number of nitrogens with one attached hydrogen (secondary N) is 1. The molecule has 0 bridgehead atoms. The van der Waals surface area contributed by atoms with E-state index in [0.717, 1.165) is 25.9 Å². The highest BCUT2D eigenvalue weighted by atomic mass is 35.5. The Kier molecular flexibility index (Phi) is 8.16. The minimum atomic E-state index is -3.86. The summed E-state index contributed by atoms with van der Waals surface area (Å²) < 4.78 is 33.0. The van der Waals surface area contributed by atoms with E-state index in [0.29, 0.717) is 0 Å². The molecule has 1 aliphatic rings. The lowest BCUT2D eigenvalue weighted by Crippen LogP contribution is -2.44. The van der Waals surface area contributed by atoms with Crippen LogP contribution in [0.2, 0.25) is 5.02 Å². The third-order valence-corrected chi connectivity index (χ3v) is 6.47. The zero-order chi connectivity index (χ0) is 18.8. The highest BCUT2D eigenvalue weighted by molar-refractivity contribution is 7.89. The second-order valence-corrected chi connectivity index (χ2v) is 8.59. The Morgan fingerprint density at radius 3 is 2.31 bits per heavy atom. The molecule has 0 saturated carbocycles. The minimum Gasteiger partial charge on any atom is -0.494 e. The maximum Gasteiger partial charge on any atom is 0.257 e. The molecule has 1 amide bonds.